The largest absolute Gasteiger partial charge is 0.371 e. The molecule has 0 unspecified atom stereocenters. The Kier molecular flexibility index (Phi) is 4.04. The molecule has 0 spiro atoms. The zero-order valence-corrected chi connectivity index (χ0v) is 9.74. The van der Waals surface area contributed by atoms with E-state index in [0.717, 1.165) is 11.3 Å². The van der Waals surface area contributed by atoms with Crippen LogP contribution in [-0.2, 0) is 24.5 Å². The first-order valence-corrected chi connectivity index (χ1v) is 6.00. The lowest BCUT2D eigenvalue weighted by Gasteiger charge is -2.04. The lowest BCUT2D eigenvalue weighted by atomic mass is 10.2. The molecule has 0 aromatic carbocycles. The molecule has 0 saturated heterocycles. The molecule has 2 aromatic heterocycles. The summed E-state index contributed by atoms with van der Waals surface area (Å²) in [5.74, 6) is 0. The maximum Gasteiger partial charge on any atom is 0.0813 e. The minimum atomic E-state index is 0.471. The van der Waals surface area contributed by atoms with Gasteiger partial charge in [0.05, 0.1) is 18.9 Å². The summed E-state index contributed by atoms with van der Waals surface area (Å²) in [7, 11) is 0. The highest BCUT2D eigenvalue weighted by Gasteiger charge is 1.97. The highest BCUT2D eigenvalue weighted by atomic mass is 32.1. The third-order valence-electron chi connectivity index (χ3n) is 2.18. The first-order valence-electron chi connectivity index (χ1n) is 5.12. The summed E-state index contributed by atoms with van der Waals surface area (Å²) in [5, 5.41) is 2.05. The van der Waals surface area contributed by atoms with Gasteiger partial charge in [0, 0.05) is 17.6 Å². The van der Waals surface area contributed by atoms with E-state index in [1.54, 1.807) is 17.5 Å². The Bertz CT molecular complexity index is 428. The van der Waals surface area contributed by atoms with Gasteiger partial charge >= 0.3 is 0 Å². The Labute approximate surface area is 98.9 Å². The fourth-order valence-corrected chi connectivity index (χ4v) is 2.03. The Hall–Kier alpha value is -1.23. The fraction of sp³-hybridized carbons (Fsp3) is 0.250. The number of rotatable bonds is 5. The minimum absolute atomic E-state index is 0.471. The van der Waals surface area contributed by atoms with Crippen LogP contribution in [0.25, 0.3) is 0 Å². The molecule has 84 valence electrons. The van der Waals surface area contributed by atoms with Gasteiger partial charge in [-0.2, -0.15) is 0 Å². The molecular formula is C12H14N2OS. The maximum atomic E-state index is 5.61. The van der Waals surface area contributed by atoms with Crippen LogP contribution in [0.1, 0.15) is 16.1 Å². The average molecular weight is 234 g/mol. The van der Waals surface area contributed by atoms with E-state index in [1.165, 1.54) is 4.88 Å². The second kappa shape index (κ2) is 5.75. The molecule has 2 N–H and O–H groups in total. The van der Waals surface area contributed by atoms with Crippen LogP contribution >= 0.6 is 11.3 Å². The fourth-order valence-electron chi connectivity index (χ4n) is 1.39. The number of aromatic nitrogens is 1. The van der Waals surface area contributed by atoms with Crippen molar-refractivity contribution >= 4 is 11.3 Å². The lowest BCUT2D eigenvalue weighted by Crippen LogP contribution is -2.01. The zero-order valence-electron chi connectivity index (χ0n) is 8.93. The van der Waals surface area contributed by atoms with E-state index in [9.17, 15) is 0 Å². The number of pyridine rings is 1. The molecule has 2 heterocycles. The summed E-state index contributed by atoms with van der Waals surface area (Å²) in [6, 6.07) is 8.03. The molecule has 2 rings (SSSR count). The molecule has 0 saturated carbocycles. The smallest absolute Gasteiger partial charge is 0.0813 e. The van der Waals surface area contributed by atoms with Gasteiger partial charge in [-0.25, -0.2) is 0 Å². The molecule has 0 amide bonds. The average Bonchev–Trinajstić information content (AvgIpc) is 2.82. The van der Waals surface area contributed by atoms with E-state index >= 15 is 0 Å². The van der Waals surface area contributed by atoms with Gasteiger partial charge in [0.1, 0.15) is 0 Å². The highest BCUT2D eigenvalue weighted by Crippen LogP contribution is 2.11. The molecular weight excluding hydrogens is 220 g/mol. The van der Waals surface area contributed by atoms with Gasteiger partial charge in [-0.05, 0) is 29.1 Å². The molecule has 0 aliphatic rings. The Morgan fingerprint density at radius 1 is 1.31 bits per heavy atom. The standard InChI is InChI=1S/C12H14N2OS/c13-7-11-6-10(3-4-14-11)8-15-9-12-2-1-5-16-12/h1-6H,7-9,13H2. The van der Waals surface area contributed by atoms with E-state index in [2.05, 4.69) is 16.4 Å². The molecule has 0 fully saturated rings. The van der Waals surface area contributed by atoms with Crippen molar-refractivity contribution in [3.05, 3.63) is 52.0 Å². The van der Waals surface area contributed by atoms with E-state index in [-0.39, 0.29) is 0 Å². The van der Waals surface area contributed by atoms with Crippen LogP contribution in [0.4, 0.5) is 0 Å². The molecule has 0 aliphatic heterocycles. The van der Waals surface area contributed by atoms with Gasteiger partial charge in [0.2, 0.25) is 0 Å². The van der Waals surface area contributed by atoms with Crippen LogP contribution in [0, 0.1) is 0 Å². The highest BCUT2D eigenvalue weighted by molar-refractivity contribution is 7.09. The summed E-state index contributed by atoms with van der Waals surface area (Å²) in [6.45, 7) is 1.74. The second-order valence-corrected chi connectivity index (χ2v) is 4.46. The number of nitrogens with two attached hydrogens (primary N) is 1. The van der Waals surface area contributed by atoms with E-state index in [1.807, 2.05) is 18.2 Å². The molecule has 4 heteroatoms. The first kappa shape index (κ1) is 11.3. The summed E-state index contributed by atoms with van der Waals surface area (Å²) < 4.78 is 5.61. The summed E-state index contributed by atoms with van der Waals surface area (Å²) in [5.41, 5.74) is 7.54. The number of hydrogen-bond acceptors (Lipinski definition) is 4. The van der Waals surface area contributed by atoms with E-state index < -0.39 is 0 Å². The molecule has 16 heavy (non-hydrogen) atoms. The quantitative estimate of drug-likeness (QED) is 0.863. The maximum absolute atomic E-state index is 5.61. The third kappa shape index (κ3) is 3.13. The number of thiophene rings is 1. The predicted octanol–water partition coefficient (Wildman–Crippen LogP) is 2.32. The van der Waals surface area contributed by atoms with Crippen LogP contribution in [0.3, 0.4) is 0 Å². The number of nitrogens with zero attached hydrogens (tertiary/aromatic N) is 1. The van der Waals surface area contributed by atoms with E-state index in [0.29, 0.717) is 19.8 Å². The molecule has 0 atom stereocenters. The minimum Gasteiger partial charge on any atom is -0.371 e. The normalized spacial score (nSPS) is 10.6. The Morgan fingerprint density at radius 2 is 2.25 bits per heavy atom. The van der Waals surface area contributed by atoms with Crippen LogP contribution < -0.4 is 5.73 Å². The van der Waals surface area contributed by atoms with Gasteiger partial charge in [-0.3, -0.25) is 4.98 Å². The molecule has 3 nitrogen and oxygen atoms in total. The van der Waals surface area contributed by atoms with Crippen molar-refractivity contribution in [2.45, 2.75) is 19.8 Å². The van der Waals surface area contributed by atoms with Crippen molar-refractivity contribution in [2.24, 2.45) is 5.73 Å². The summed E-state index contributed by atoms with van der Waals surface area (Å²) in [6.07, 6.45) is 1.77. The predicted molar refractivity (Wildman–Crippen MR) is 64.9 cm³/mol. The van der Waals surface area contributed by atoms with Crippen molar-refractivity contribution in [3.8, 4) is 0 Å². The molecule has 0 bridgehead atoms. The van der Waals surface area contributed by atoms with Crippen LogP contribution in [0.15, 0.2) is 35.8 Å². The van der Waals surface area contributed by atoms with Gasteiger partial charge < -0.3 is 10.5 Å². The number of ether oxygens (including phenoxy) is 1. The van der Waals surface area contributed by atoms with Crippen molar-refractivity contribution < 1.29 is 4.74 Å². The monoisotopic (exact) mass is 234 g/mol. The van der Waals surface area contributed by atoms with Crippen LogP contribution in [-0.4, -0.2) is 4.98 Å². The Balaban J connectivity index is 1.85. The van der Waals surface area contributed by atoms with Crippen molar-refractivity contribution in [1.29, 1.82) is 0 Å². The van der Waals surface area contributed by atoms with Gasteiger partial charge in [0.15, 0.2) is 0 Å². The summed E-state index contributed by atoms with van der Waals surface area (Å²) in [4.78, 5) is 5.38. The third-order valence-corrected chi connectivity index (χ3v) is 3.03. The topological polar surface area (TPSA) is 48.1 Å². The Morgan fingerprint density at radius 3 is 3.00 bits per heavy atom. The zero-order chi connectivity index (χ0) is 11.2. The molecule has 0 aliphatic carbocycles. The van der Waals surface area contributed by atoms with Gasteiger partial charge in [0.25, 0.3) is 0 Å². The van der Waals surface area contributed by atoms with Crippen LogP contribution in [0.5, 0.6) is 0 Å². The van der Waals surface area contributed by atoms with Crippen LogP contribution in [0.2, 0.25) is 0 Å². The first-order chi connectivity index (χ1) is 7.88. The number of hydrogen-bond donors (Lipinski definition) is 1. The second-order valence-electron chi connectivity index (χ2n) is 3.43. The van der Waals surface area contributed by atoms with Gasteiger partial charge in [-0.15, -0.1) is 11.3 Å². The summed E-state index contributed by atoms with van der Waals surface area (Å²) >= 11 is 1.71. The van der Waals surface area contributed by atoms with Crippen molar-refractivity contribution in [2.75, 3.05) is 0 Å². The van der Waals surface area contributed by atoms with Crippen molar-refractivity contribution in [1.82, 2.24) is 4.98 Å². The molecule has 2 aromatic rings. The van der Waals surface area contributed by atoms with Gasteiger partial charge in [-0.1, -0.05) is 6.07 Å². The van der Waals surface area contributed by atoms with E-state index in [4.69, 9.17) is 10.5 Å². The lowest BCUT2D eigenvalue weighted by molar-refractivity contribution is 0.109. The SMILES string of the molecule is NCc1cc(COCc2cccs2)ccn1. The van der Waals surface area contributed by atoms with Crippen molar-refractivity contribution in [3.63, 3.8) is 0 Å². The molecule has 0 radical (unpaired) electrons.